The minimum atomic E-state index is -0.787. The predicted molar refractivity (Wildman–Crippen MR) is 103 cm³/mol. The molecule has 0 radical (unpaired) electrons. The van der Waals surface area contributed by atoms with Gasteiger partial charge in [0.2, 0.25) is 0 Å². The van der Waals surface area contributed by atoms with E-state index in [1.54, 1.807) is 6.07 Å². The molecule has 0 aliphatic rings. The molecule has 0 bridgehead atoms. The number of phenols is 1. The fourth-order valence-electron chi connectivity index (χ4n) is 2.64. The van der Waals surface area contributed by atoms with Crippen LogP contribution >= 0.6 is 11.3 Å². The van der Waals surface area contributed by atoms with Gasteiger partial charge in [-0.05, 0) is 43.3 Å². The number of amides is 1. The van der Waals surface area contributed by atoms with E-state index in [0.717, 1.165) is 16.0 Å². The number of thiazole rings is 1. The highest BCUT2D eigenvalue weighted by molar-refractivity contribution is 7.22. The molecule has 27 heavy (non-hydrogen) atoms. The summed E-state index contributed by atoms with van der Waals surface area (Å²) in [5, 5.41) is 13.0. The van der Waals surface area contributed by atoms with E-state index in [9.17, 15) is 14.7 Å². The monoisotopic (exact) mass is 382 g/mol. The summed E-state index contributed by atoms with van der Waals surface area (Å²) < 4.78 is 11.4. The average Bonchev–Trinajstić information content (AvgIpc) is 3.02. The largest absolute Gasteiger partial charge is 0.508 e. The van der Waals surface area contributed by atoms with Gasteiger partial charge in [-0.2, -0.15) is 0 Å². The molecule has 2 aromatic heterocycles. The van der Waals surface area contributed by atoms with Crippen LogP contribution < -0.4 is 15.7 Å². The first-order chi connectivity index (χ1) is 13.0. The standard InChI is InChI=1S/C19H14N2O5S/c1-2-25-12-5-6-14-16(9-12)27-19(20-14)21-17(23)13-7-10-3-4-11(22)8-15(10)26-18(13)24/h3-9,22H,2H2,1H3,(H,20,21,23). The highest BCUT2D eigenvalue weighted by Crippen LogP contribution is 2.29. The summed E-state index contributed by atoms with van der Waals surface area (Å²) in [5.41, 5.74) is 0.00700. The molecule has 0 aliphatic heterocycles. The lowest BCUT2D eigenvalue weighted by atomic mass is 10.1. The maximum Gasteiger partial charge on any atom is 0.349 e. The van der Waals surface area contributed by atoms with Crippen molar-refractivity contribution in [3.8, 4) is 11.5 Å². The van der Waals surface area contributed by atoms with Gasteiger partial charge in [-0.3, -0.25) is 10.1 Å². The number of aromatic hydroxyl groups is 1. The molecule has 2 aromatic carbocycles. The van der Waals surface area contributed by atoms with Crippen molar-refractivity contribution in [3.63, 3.8) is 0 Å². The second kappa shape index (κ2) is 6.73. The van der Waals surface area contributed by atoms with Gasteiger partial charge in [0.1, 0.15) is 22.6 Å². The van der Waals surface area contributed by atoms with Crippen LogP contribution in [0.3, 0.4) is 0 Å². The van der Waals surface area contributed by atoms with Crippen LogP contribution in [0.1, 0.15) is 17.3 Å². The molecule has 8 heteroatoms. The van der Waals surface area contributed by atoms with Crippen LogP contribution in [0, 0.1) is 0 Å². The Morgan fingerprint density at radius 3 is 2.93 bits per heavy atom. The fourth-order valence-corrected chi connectivity index (χ4v) is 3.53. The Morgan fingerprint density at radius 2 is 2.11 bits per heavy atom. The molecule has 0 saturated heterocycles. The summed E-state index contributed by atoms with van der Waals surface area (Å²) in [7, 11) is 0. The minimum Gasteiger partial charge on any atom is -0.508 e. The summed E-state index contributed by atoms with van der Waals surface area (Å²) in [5.74, 6) is 0.0940. The van der Waals surface area contributed by atoms with Crippen LogP contribution in [-0.2, 0) is 0 Å². The van der Waals surface area contributed by atoms with E-state index >= 15 is 0 Å². The lowest BCUT2D eigenvalue weighted by molar-refractivity contribution is 0.102. The normalized spacial score (nSPS) is 11.0. The Balaban J connectivity index is 1.64. The third-order valence-corrected chi connectivity index (χ3v) is 4.79. The van der Waals surface area contributed by atoms with Crippen LogP contribution in [0.15, 0.2) is 51.7 Å². The van der Waals surface area contributed by atoms with Crippen LogP contribution in [0.25, 0.3) is 21.2 Å². The van der Waals surface area contributed by atoms with Gasteiger partial charge in [-0.1, -0.05) is 11.3 Å². The van der Waals surface area contributed by atoms with Crippen LogP contribution in [0.5, 0.6) is 11.5 Å². The number of benzene rings is 2. The zero-order chi connectivity index (χ0) is 19.0. The summed E-state index contributed by atoms with van der Waals surface area (Å²) in [4.78, 5) is 29.0. The number of aromatic nitrogens is 1. The van der Waals surface area contributed by atoms with Gasteiger partial charge in [0.15, 0.2) is 5.13 Å². The van der Waals surface area contributed by atoms with Crippen LogP contribution in [0.4, 0.5) is 5.13 Å². The minimum absolute atomic E-state index is 0.0243. The maximum absolute atomic E-state index is 12.5. The number of phenolic OH excluding ortho intramolecular Hbond substituents is 1. The Bertz CT molecular complexity index is 1230. The number of rotatable bonds is 4. The highest BCUT2D eigenvalue weighted by Gasteiger charge is 2.16. The van der Waals surface area contributed by atoms with Gasteiger partial charge in [0.05, 0.1) is 16.8 Å². The molecule has 2 heterocycles. The third-order valence-electron chi connectivity index (χ3n) is 3.86. The van der Waals surface area contributed by atoms with Crippen molar-refractivity contribution in [3.05, 3.63) is 58.4 Å². The molecule has 0 atom stereocenters. The summed E-state index contributed by atoms with van der Waals surface area (Å²) in [6.07, 6.45) is 0. The van der Waals surface area contributed by atoms with Crippen molar-refractivity contribution in [2.24, 2.45) is 0 Å². The highest BCUT2D eigenvalue weighted by atomic mass is 32.1. The van der Waals surface area contributed by atoms with E-state index in [1.165, 1.54) is 29.5 Å². The molecule has 0 saturated carbocycles. The summed E-state index contributed by atoms with van der Waals surface area (Å²) in [6, 6.07) is 11.2. The lowest BCUT2D eigenvalue weighted by Crippen LogP contribution is -2.20. The second-order valence-corrected chi connectivity index (χ2v) is 6.74. The second-order valence-electron chi connectivity index (χ2n) is 5.71. The molecule has 0 fully saturated rings. The van der Waals surface area contributed by atoms with Gasteiger partial charge in [-0.25, -0.2) is 9.78 Å². The Morgan fingerprint density at radius 1 is 1.26 bits per heavy atom. The van der Waals surface area contributed by atoms with E-state index < -0.39 is 11.5 Å². The van der Waals surface area contributed by atoms with Gasteiger partial charge in [-0.15, -0.1) is 0 Å². The van der Waals surface area contributed by atoms with E-state index in [0.29, 0.717) is 17.1 Å². The molecule has 4 rings (SSSR count). The predicted octanol–water partition coefficient (Wildman–Crippen LogP) is 3.76. The molecule has 0 spiro atoms. The van der Waals surface area contributed by atoms with Crippen molar-refractivity contribution < 1.29 is 19.1 Å². The molecule has 2 N–H and O–H groups in total. The number of hydrogen-bond acceptors (Lipinski definition) is 7. The maximum atomic E-state index is 12.5. The molecule has 136 valence electrons. The third kappa shape index (κ3) is 3.34. The number of nitrogens with one attached hydrogen (secondary N) is 1. The van der Waals surface area contributed by atoms with E-state index in [-0.39, 0.29) is 16.9 Å². The molecular formula is C19H14N2O5S. The number of nitrogens with zero attached hydrogens (tertiary/aromatic N) is 1. The summed E-state index contributed by atoms with van der Waals surface area (Å²) >= 11 is 1.28. The number of anilines is 1. The van der Waals surface area contributed by atoms with Gasteiger partial charge in [0, 0.05) is 11.5 Å². The van der Waals surface area contributed by atoms with E-state index in [1.807, 2.05) is 25.1 Å². The number of fused-ring (bicyclic) bond motifs is 2. The van der Waals surface area contributed by atoms with Crippen molar-refractivity contribution in [2.75, 3.05) is 11.9 Å². The Hall–Kier alpha value is -3.39. The van der Waals surface area contributed by atoms with Crippen molar-refractivity contribution >= 4 is 43.6 Å². The number of ether oxygens (including phenoxy) is 1. The van der Waals surface area contributed by atoms with Gasteiger partial charge in [0.25, 0.3) is 5.91 Å². The molecule has 4 aromatic rings. The molecule has 0 aliphatic carbocycles. The first-order valence-electron chi connectivity index (χ1n) is 8.15. The van der Waals surface area contributed by atoms with Crippen LogP contribution in [-0.4, -0.2) is 22.6 Å². The number of carbonyl (C=O) groups excluding carboxylic acids is 1. The van der Waals surface area contributed by atoms with Crippen LogP contribution in [0.2, 0.25) is 0 Å². The Labute approximate surface area is 156 Å². The van der Waals surface area contributed by atoms with Gasteiger partial charge >= 0.3 is 5.63 Å². The lowest BCUT2D eigenvalue weighted by Gasteiger charge is -2.02. The number of carbonyl (C=O) groups is 1. The fraction of sp³-hybridized carbons (Fsp3) is 0.105. The van der Waals surface area contributed by atoms with Gasteiger partial charge < -0.3 is 14.3 Å². The van der Waals surface area contributed by atoms with Crippen molar-refractivity contribution in [1.82, 2.24) is 4.98 Å². The number of hydrogen-bond donors (Lipinski definition) is 2. The Kier molecular flexibility index (Phi) is 4.25. The first-order valence-corrected chi connectivity index (χ1v) is 8.97. The molecule has 7 nitrogen and oxygen atoms in total. The topological polar surface area (TPSA) is 102 Å². The summed E-state index contributed by atoms with van der Waals surface area (Å²) in [6.45, 7) is 2.46. The zero-order valence-electron chi connectivity index (χ0n) is 14.2. The molecule has 0 unspecified atom stereocenters. The average molecular weight is 382 g/mol. The molecule has 1 amide bonds. The smallest absolute Gasteiger partial charge is 0.349 e. The molecular weight excluding hydrogens is 368 g/mol. The van der Waals surface area contributed by atoms with E-state index in [4.69, 9.17) is 9.15 Å². The SMILES string of the molecule is CCOc1ccc2nc(NC(=O)c3cc4ccc(O)cc4oc3=O)sc2c1. The van der Waals surface area contributed by atoms with E-state index in [2.05, 4.69) is 10.3 Å². The van der Waals surface area contributed by atoms with Crippen molar-refractivity contribution in [2.45, 2.75) is 6.92 Å². The zero-order valence-corrected chi connectivity index (χ0v) is 15.0. The first kappa shape index (κ1) is 17.0. The quantitative estimate of drug-likeness (QED) is 0.521. The van der Waals surface area contributed by atoms with Crippen molar-refractivity contribution in [1.29, 1.82) is 0 Å².